The van der Waals surface area contributed by atoms with E-state index in [1.165, 1.54) is 0 Å². The van der Waals surface area contributed by atoms with Gasteiger partial charge in [-0.05, 0) is 0 Å². The van der Waals surface area contributed by atoms with Crippen molar-refractivity contribution in [1.29, 1.82) is 0 Å². The van der Waals surface area contributed by atoms with Gasteiger partial charge in [-0.25, -0.2) is 4.98 Å². The molecule has 2 aromatic heterocycles. The van der Waals surface area contributed by atoms with Crippen LogP contribution in [0.1, 0.15) is 0 Å². The van der Waals surface area contributed by atoms with Gasteiger partial charge >= 0.3 is 6.01 Å². The summed E-state index contributed by atoms with van der Waals surface area (Å²) >= 11 is 0. The van der Waals surface area contributed by atoms with E-state index < -0.39 is 0 Å². The zero-order valence-electron chi connectivity index (χ0n) is 10.7. The van der Waals surface area contributed by atoms with Crippen LogP contribution in [0, 0.1) is 0 Å². The van der Waals surface area contributed by atoms with E-state index in [0.29, 0.717) is 11.9 Å². The molecule has 0 aliphatic heterocycles. The van der Waals surface area contributed by atoms with E-state index in [4.69, 9.17) is 9.47 Å². The second-order valence-corrected chi connectivity index (χ2v) is 4.01. The molecule has 0 amide bonds. The van der Waals surface area contributed by atoms with Gasteiger partial charge in [0, 0.05) is 17.8 Å². The molecule has 0 aliphatic rings. The predicted octanol–water partition coefficient (Wildman–Crippen LogP) is 2.41. The van der Waals surface area contributed by atoms with Crippen LogP contribution in [0.15, 0.2) is 42.6 Å². The molecule has 0 radical (unpaired) electrons. The van der Waals surface area contributed by atoms with E-state index >= 15 is 0 Å². The zero-order chi connectivity index (χ0) is 13.2. The van der Waals surface area contributed by atoms with Crippen molar-refractivity contribution >= 4 is 5.65 Å². The Morgan fingerprint density at radius 3 is 2.47 bits per heavy atom. The van der Waals surface area contributed by atoms with Crippen molar-refractivity contribution in [3.8, 4) is 23.1 Å². The van der Waals surface area contributed by atoms with Crippen LogP contribution < -0.4 is 9.47 Å². The topological polar surface area (TPSA) is 48.7 Å². The normalized spacial score (nSPS) is 10.6. The molecule has 5 heteroatoms. The summed E-state index contributed by atoms with van der Waals surface area (Å²) in [5.74, 6) is 0.481. The lowest BCUT2D eigenvalue weighted by atomic mass is 10.2. The minimum Gasteiger partial charge on any atom is -0.481 e. The first kappa shape index (κ1) is 11.5. The van der Waals surface area contributed by atoms with Gasteiger partial charge in [-0.1, -0.05) is 30.3 Å². The summed E-state index contributed by atoms with van der Waals surface area (Å²) in [6, 6.07) is 12.2. The van der Waals surface area contributed by atoms with Crippen molar-refractivity contribution in [3.63, 3.8) is 0 Å². The average Bonchev–Trinajstić information content (AvgIpc) is 2.91. The highest BCUT2D eigenvalue weighted by molar-refractivity contribution is 5.63. The van der Waals surface area contributed by atoms with Crippen LogP contribution in [0.3, 0.4) is 0 Å². The molecule has 1 aromatic carbocycles. The molecule has 0 saturated carbocycles. The number of aromatic nitrogens is 3. The summed E-state index contributed by atoms with van der Waals surface area (Å²) in [5.41, 5.74) is 2.66. The van der Waals surface area contributed by atoms with E-state index in [-0.39, 0.29) is 0 Å². The second-order valence-electron chi connectivity index (χ2n) is 4.01. The fraction of sp³-hybridized carbons (Fsp3) is 0.143. The molecule has 0 bridgehead atoms. The Hall–Kier alpha value is -2.56. The van der Waals surface area contributed by atoms with Crippen molar-refractivity contribution in [2.24, 2.45) is 0 Å². The SMILES string of the molecule is COc1cc2nc(-c3ccccc3)cn2c(OC)n1. The van der Waals surface area contributed by atoms with Crippen LogP contribution in [-0.4, -0.2) is 28.6 Å². The largest absolute Gasteiger partial charge is 0.481 e. The maximum Gasteiger partial charge on any atom is 0.305 e. The molecule has 0 unspecified atom stereocenters. The number of imidazole rings is 1. The van der Waals surface area contributed by atoms with Crippen molar-refractivity contribution in [3.05, 3.63) is 42.6 Å². The van der Waals surface area contributed by atoms with Crippen LogP contribution in [0.25, 0.3) is 16.9 Å². The Labute approximate surface area is 110 Å². The van der Waals surface area contributed by atoms with Crippen molar-refractivity contribution in [2.75, 3.05) is 14.2 Å². The van der Waals surface area contributed by atoms with Gasteiger partial charge in [0.1, 0.15) is 5.65 Å². The molecule has 0 spiro atoms. The Kier molecular flexibility index (Phi) is 2.79. The molecule has 0 N–H and O–H groups in total. The first-order valence-electron chi connectivity index (χ1n) is 5.85. The molecule has 3 aromatic rings. The Morgan fingerprint density at radius 2 is 1.79 bits per heavy atom. The van der Waals surface area contributed by atoms with Crippen LogP contribution in [0.4, 0.5) is 0 Å². The van der Waals surface area contributed by atoms with E-state index in [1.54, 1.807) is 24.7 Å². The fourth-order valence-corrected chi connectivity index (χ4v) is 1.94. The predicted molar refractivity (Wildman–Crippen MR) is 71.5 cm³/mol. The van der Waals surface area contributed by atoms with E-state index in [9.17, 15) is 0 Å². The van der Waals surface area contributed by atoms with Gasteiger partial charge in [0.2, 0.25) is 5.88 Å². The molecular weight excluding hydrogens is 242 g/mol. The lowest BCUT2D eigenvalue weighted by Gasteiger charge is -2.04. The number of rotatable bonds is 3. The minimum absolute atomic E-state index is 0.448. The molecule has 96 valence electrons. The Balaban J connectivity index is 2.20. The number of hydrogen-bond acceptors (Lipinski definition) is 4. The van der Waals surface area contributed by atoms with Gasteiger partial charge in [-0.15, -0.1) is 0 Å². The number of benzene rings is 1. The Morgan fingerprint density at radius 1 is 1.00 bits per heavy atom. The standard InChI is InChI=1S/C14H13N3O2/c1-18-13-8-12-15-11(10-6-4-3-5-7-10)9-17(12)14(16-13)19-2/h3-9H,1-2H3. The van der Waals surface area contributed by atoms with Gasteiger partial charge in [-0.2, -0.15) is 4.98 Å². The van der Waals surface area contributed by atoms with E-state index in [2.05, 4.69) is 9.97 Å². The molecule has 19 heavy (non-hydrogen) atoms. The summed E-state index contributed by atoms with van der Waals surface area (Å²) in [7, 11) is 3.14. The molecule has 3 rings (SSSR count). The third kappa shape index (κ3) is 1.99. The number of fused-ring (bicyclic) bond motifs is 1. The first-order valence-corrected chi connectivity index (χ1v) is 5.85. The van der Waals surface area contributed by atoms with Gasteiger partial charge in [0.15, 0.2) is 0 Å². The minimum atomic E-state index is 0.448. The summed E-state index contributed by atoms with van der Waals surface area (Å²) in [6.45, 7) is 0. The highest BCUT2D eigenvalue weighted by atomic mass is 16.5. The first-order chi connectivity index (χ1) is 9.31. The summed E-state index contributed by atoms with van der Waals surface area (Å²) in [6.07, 6.45) is 1.90. The van der Waals surface area contributed by atoms with Gasteiger partial charge < -0.3 is 9.47 Å². The maximum absolute atomic E-state index is 5.25. The highest BCUT2D eigenvalue weighted by Gasteiger charge is 2.10. The van der Waals surface area contributed by atoms with Crippen LogP contribution in [-0.2, 0) is 0 Å². The molecule has 2 heterocycles. The lowest BCUT2D eigenvalue weighted by molar-refractivity contribution is 0.348. The average molecular weight is 255 g/mol. The molecule has 0 saturated heterocycles. The van der Waals surface area contributed by atoms with Crippen molar-refractivity contribution < 1.29 is 9.47 Å². The third-order valence-corrected chi connectivity index (χ3v) is 2.86. The van der Waals surface area contributed by atoms with Crippen LogP contribution in [0.5, 0.6) is 11.9 Å². The quantitative estimate of drug-likeness (QED) is 0.721. The second kappa shape index (κ2) is 4.61. The zero-order valence-corrected chi connectivity index (χ0v) is 10.7. The number of nitrogens with zero attached hydrogens (tertiary/aromatic N) is 3. The summed E-state index contributed by atoms with van der Waals surface area (Å²) in [4.78, 5) is 8.79. The molecule has 5 nitrogen and oxygen atoms in total. The Bertz CT molecular complexity index is 707. The lowest BCUT2D eigenvalue weighted by Crippen LogP contribution is -1.98. The van der Waals surface area contributed by atoms with Gasteiger partial charge in [-0.3, -0.25) is 4.40 Å². The third-order valence-electron chi connectivity index (χ3n) is 2.86. The fourth-order valence-electron chi connectivity index (χ4n) is 1.94. The number of ether oxygens (including phenoxy) is 2. The molecule has 0 aliphatic carbocycles. The van der Waals surface area contributed by atoms with Crippen LogP contribution >= 0.6 is 0 Å². The maximum atomic E-state index is 5.25. The molecule has 0 atom stereocenters. The van der Waals surface area contributed by atoms with Crippen molar-refractivity contribution in [2.45, 2.75) is 0 Å². The van der Waals surface area contributed by atoms with E-state index in [0.717, 1.165) is 16.9 Å². The van der Waals surface area contributed by atoms with Gasteiger partial charge in [0.05, 0.1) is 19.9 Å². The van der Waals surface area contributed by atoms with E-state index in [1.807, 2.05) is 36.5 Å². The van der Waals surface area contributed by atoms with Gasteiger partial charge in [0.25, 0.3) is 0 Å². The highest BCUT2D eigenvalue weighted by Crippen LogP contribution is 2.24. The smallest absolute Gasteiger partial charge is 0.305 e. The van der Waals surface area contributed by atoms with Crippen LogP contribution in [0.2, 0.25) is 0 Å². The molecule has 0 fully saturated rings. The summed E-state index contributed by atoms with van der Waals surface area (Å²) < 4.78 is 12.2. The van der Waals surface area contributed by atoms with Crippen molar-refractivity contribution in [1.82, 2.24) is 14.4 Å². The molecular formula is C14H13N3O2. The monoisotopic (exact) mass is 255 g/mol. The summed E-state index contributed by atoms with van der Waals surface area (Å²) in [5, 5.41) is 0. The number of hydrogen-bond donors (Lipinski definition) is 0. The number of methoxy groups -OCH3 is 2.